The van der Waals surface area contributed by atoms with E-state index in [2.05, 4.69) is 10.2 Å². The fourth-order valence-electron chi connectivity index (χ4n) is 6.24. The summed E-state index contributed by atoms with van der Waals surface area (Å²) in [4.78, 5) is 14.5. The van der Waals surface area contributed by atoms with Gasteiger partial charge in [0, 0.05) is 18.5 Å². The molecule has 1 amide bonds. The van der Waals surface area contributed by atoms with Crippen LogP contribution in [0.5, 0.6) is 0 Å². The van der Waals surface area contributed by atoms with Gasteiger partial charge in [-0.2, -0.15) is 0 Å². The van der Waals surface area contributed by atoms with Crippen molar-refractivity contribution in [2.45, 2.75) is 74.2 Å². The first-order valence-corrected chi connectivity index (χ1v) is 10.8. The summed E-state index contributed by atoms with van der Waals surface area (Å²) in [5.74, 6) is 3.66. The van der Waals surface area contributed by atoms with Crippen LogP contribution < -0.4 is 0 Å². The minimum absolute atomic E-state index is 0.142. The number of hydrogen-bond donors (Lipinski definition) is 0. The summed E-state index contributed by atoms with van der Waals surface area (Å²) in [6.45, 7) is 3.75. The molecule has 5 fully saturated rings. The molecular formula is C19H27N3O2S. The molecular weight excluding hydrogens is 334 g/mol. The van der Waals surface area contributed by atoms with E-state index in [0.717, 1.165) is 49.6 Å². The van der Waals surface area contributed by atoms with E-state index in [9.17, 15) is 4.79 Å². The van der Waals surface area contributed by atoms with Gasteiger partial charge in [-0.1, -0.05) is 11.8 Å². The first-order chi connectivity index (χ1) is 12.1. The summed E-state index contributed by atoms with van der Waals surface area (Å²) in [6.07, 6.45) is 10.2. The second-order valence-corrected chi connectivity index (χ2v) is 10.2. The maximum atomic E-state index is 12.5. The number of thioether (sulfide) groups is 1. The van der Waals surface area contributed by atoms with E-state index in [1.807, 2.05) is 11.8 Å². The van der Waals surface area contributed by atoms with Gasteiger partial charge in [0.25, 0.3) is 5.22 Å². The largest absolute Gasteiger partial charge is 0.415 e. The Kier molecular flexibility index (Phi) is 3.88. The Morgan fingerprint density at radius 2 is 1.72 bits per heavy atom. The van der Waals surface area contributed by atoms with Crippen LogP contribution in [0.15, 0.2) is 9.64 Å². The summed E-state index contributed by atoms with van der Waals surface area (Å²) >= 11 is 1.43. The van der Waals surface area contributed by atoms with Gasteiger partial charge >= 0.3 is 0 Å². The SMILES string of the molecule is C[C@@H](Sc1nnc(C23CC4CC(CC(C4)C2)C3)o1)C(=O)N1CCCC1. The number of rotatable bonds is 4. The zero-order chi connectivity index (χ0) is 17.0. The van der Waals surface area contributed by atoms with Crippen molar-refractivity contribution in [3.8, 4) is 0 Å². The van der Waals surface area contributed by atoms with E-state index in [4.69, 9.17) is 4.42 Å². The molecule has 0 unspecified atom stereocenters. The third-order valence-corrected chi connectivity index (χ3v) is 7.86. The summed E-state index contributed by atoms with van der Waals surface area (Å²) in [7, 11) is 0. The van der Waals surface area contributed by atoms with Crippen LogP contribution in [0.1, 0.15) is 64.2 Å². The molecule has 4 aliphatic carbocycles. The summed E-state index contributed by atoms with van der Waals surface area (Å²) in [5.41, 5.74) is 0.142. The van der Waals surface area contributed by atoms with Crippen LogP contribution in [0.25, 0.3) is 0 Å². The van der Waals surface area contributed by atoms with Crippen molar-refractivity contribution >= 4 is 17.7 Å². The minimum Gasteiger partial charge on any atom is -0.415 e. The van der Waals surface area contributed by atoms with Crippen LogP contribution in [0.4, 0.5) is 0 Å². The lowest BCUT2D eigenvalue weighted by Crippen LogP contribution is -2.48. The van der Waals surface area contributed by atoms with Gasteiger partial charge in [-0.25, -0.2) is 0 Å². The molecule has 0 spiro atoms. The highest BCUT2D eigenvalue weighted by Crippen LogP contribution is 2.60. The fraction of sp³-hybridized carbons (Fsp3) is 0.842. The van der Waals surface area contributed by atoms with Crippen molar-refractivity contribution in [1.29, 1.82) is 0 Å². The van der Waals surface area contributed by atoms with Crippen molar-refractivity contribution in [2.24, 2.45) is 17.8 Å². The zero-order valence-corrected chi connectivity index (χ0v) is 15.8. The Morgan fingerprint density at radius 1 is 1.12 bits per heavy atom. The predicted octanol–water partition coefficient (Wildman–Crippen LogP) is 3.64. The molecule has 6 rings (SSSR count). The Labute approximate surface area is 153 Å². The standard InChI is InChI=1S/C19H27N3O2S/c1-12(16(23)22-4-2-3-5-22)25-18-21-20-17(24-18)19-9-13-6-14(10-19)8-15(7-13)11-19/h12-15H,2-11H2,1H3/t12-,13?,14?,15?,19?/m1/s1. The maximum absolute atomic E-state index is 12.5. The Balaban J connectivity index is 1.30. The molecule has 1 atom stereocenters. The first-order valence-electron chi connectivity index (χ1n) is 9.91. The van der Waals surface area contributed by atoms with Crippen molar-refractivity contribution < 1.29 is 9.21 Å². The van der Waals surface area contributed by atoms with E-state index in [1.54, 1.807) is 0 Å². The number of aromatic nitrogens is 2. The van der Waals surface area contributed by atoms with E-state index >= 15 is 0 Å². The van der Waals surface area contributed by atoms with Gasteiger partial charge < -0.3 is 9.32 Å². The predicted molar refractivity (Wildman–Crippen MR) is 95.3 cm³/mol. The summed E-state index contributed by atoms with van der Waals surface area (Å²) in [6, 6.07) is 0. The molecule has 4 bridgehead atoms. The number of amides is 1. The summed E-state index contributed by atoms with van der Waals surface area (Å²) < 4.78 is 6.12. The molecule has 5 nitrogen and oxygen atoms in total. The van der Waals surface area contributed by atoms with Crippen LogP contribution in [-0.4, -0.2) is 39.3 Å². The molecule has 1 aromatic heterocycles. The highest BCUT2D eigenvalue weighted by molar-refractivity contribution is 8.00. The average molecular weight is 362 g/mol. The lowest BCUT2D eigenvalue weighted by atomic mass is 9.49. The van der Waals surface area contributed by atoms with Crippen molar-refractivity contribution in [3.63, 3.8) is 0 Å². The molecule has 1 saturated heterocycles. The van der Waals surface area contributed by atoms with Gasteiger partial charge in [0.1, 0.15) is 0 Å². The molecule has 0 N–H and O–H groups in total. The smallest absolute Gasteiger partial charge is 0.277 e. The third kappa shape index (κ3) is 2.81. The molecule has 5 aliphatic rings. The van der Waals surface area contributed by atoms with Crippen LogP contribution in [0.3, 0.4) is 0 Å². The van der Waals surface area contributed by atoms with Crippen molar-refractivity contribution in [3.05, 3.63) is 5.89 Å². The van der Waals surface area contributed by atoms with Crippen molar-refractivity contribution in [1.82, 2.24) is 15.1 Å². The van der Waals surface area contributed by atoms with E-state index in [-0.39, 0.29) is 16.6 Å². The van der Waals surface area contributed by atoms with E-state index in [1.165, 1.54) is 50.3 Å². The molecule has 2 heterocycles. The van der Waals surface area contributed by atoms with Gasteiger partial charge in [-0.3, -0.25) is 4.79 Å². The Hall–Kier alpha value is -1.04. The van der Waals surface area contributed by atoms with E-state index in [0.29, 0.717) is 5.22 Å². The zero-order valence-electron chi connectivity index (χ0n) is 14.9. The normalized spacial score (nSPS) is 37.6. The molecule has 136 valence electrons. The van der Waals surface area contributed by atoms with Gasteiger partial charge in [0.05, 0.1) is 5.25 Å². The third-order valence-electron chi connectivity index (χ3n) is 6.94. The van der Waals surface area contributed by atoms with Gasteiger partial charge in [0.15, 0.2) is 0 Å². The van der Waals surface area contributed by atoms with Crippen molar-refractivity contribution in [2.75, 3.05) is 13.1 Å². The fourth-order valence-corrected chi connectivity index (χ4v) is 7.01. The molecule has 6 heteroatoms. The van der Waals surface area contributed by atoms with Crippen LogP contribution in [-0.2, 0) is 10.2 Å². The molecule has 25 heavy (non-hydrogen) atoms. The average Bonchev–Trinajstić information content (AvgIpc) is 3.25. The molecule has 1 aliphatic heterocycles. The number of carbonyl (C=O) groups excluding carboxylic acids is 1. The van der Waals surface area contributed by atoms with Crippen LogP contribution in [0.2, 0.25) is 0 Å². The molecule has 0 radical (unpaired) electrons. The lowest BCUT2D eigenvalue weighted by molar-refractivity contribution is -0.129. The Bertz CT molecular complexity index is 632. The van der Waals surface area contributed by atoms with Crippen LogP contribution in [0, 0.1) is 17.8 Å². The Morgan fingerprint density at radius 3 is 2.32 bits per heavy atom. The van der Waals surface area contributed by atoms with Gasteiger partial charge in [-0.05, 0) is 76.0 Å². The maximum Gasteiger partial charge on any atom is 0.277 e. The minimum atomic E-state index is -0.150. The van der Waals surface area contributed by atoms with Gasteiger partial charge in [-0.15, -0.1) is 10.2 Å². The van der Waals surface area contributed by atoms with Gasteiger partial charge in [0.2, 0.25) is 11.8 Å². The lowest BCUT2D eigenvalue weighted by Gasteiger charge is -2.55. The number of nitrogens with zero attached hydrogens (tertiary/aromatic N) is 3. The highest BCUT2D eigenvalue weighted by Gasteiger charge is 2.54. The second-order valence-electron chi connectivity index (χ2n) is 8.86. The summed E-state index contributed by atoms with van der Waals surface area (Å²) in [5, 5.41) is 9.18. The quantitative estimate of drug-likeness (QED) is 0.766. The molecule has 1 aromatic rings. The number of likely N-dealkylation sites (tertiary alicyclic amines) is 1. The topological polar surface area (TPSA) is 59.2 Å². The molecule has 4 saturated carbocycles. The highest BCUT2D eigenvalue weighted by atomic mass is 32.2. The number of carbonyl (C=O) groups is 1. The van der Waals surface area contributed by atoms with Crippen LogP contribution >= 0.6 is 11.8 Å². The second kappa shape index (κ2) is 6.00. The monoisotopic (exact) mass is 361 g/mol. The molecule has 0 aromatic carbocycles. The first kappa shape index (κ1) is 16.2. The number of hydrogen-bond acceptors (Lipinski definition) is 5. The van der Waals surface area contributed by atoms with E-state index < -0.39 is 0 Å².